The Hall–Kier alpha value is -1.81. The van der Waals surface area contributed by atoms with Crippen LogP contribution in [0.25, 0.3) is 11.2 Å². The van der Waals surface area contributed by atoms with E-state index in [1.165, 1.54) is 10.9 Å². The van der Waals surface area contributed by atoms with Crippen LogP contribution < -0.4 is 5.56 Å². The molecule has 2 unspecified atom stereocenters. The van der Waals surface area contributed by atoms with E-state index in [1.807, 2.05) is 41.5 Å². The van der Waals surface area contributed by atoms with Crippen molar-refractivity contribution in [1.29, 1.82) is 0 Å². The number of aromatic nitrogens is 4. The van der Waals surface area contributed by atoms with Gasteiger partial charge in [-0.1, -0.05) is 0 Å². The predicted octanol–water partition coefficient (Wildman–Crippen LogP) is 1.38. The van der Waals surface area contributed by atoms with Crippen LogP contribution in [-0.2, 0) is 14.2 Å². The molecule has 0 bridgehead atoms. The van der Waals surface area contributed by atoms with Gasteiger partial charge in [0.1, 0.15) is 19.7 Å². The van der Waals surface area contributed by atoms with E-state index in [2.05, 4.69) is 15.0 Å². The number of H-pyrrole nitrogens is 1. The molecule has 4 atom stereocenters. The van der Waals surface area contributed by atoms with Gasteiger partial charge in [0.15, 0.2) is 17.4 Å². The number of rotatable bonds is 4. The lowest BCUT2D eigenvalue weighted by molar-refractivity contribution is -0.138. The smallest absolute Gasteiger partial charge is 0.278 e. The number of fused-ring (bicyclic) bond motifs is 1. The first kappa shape index (κ1) is 18.5. The van der Waals surface area contributed by atoms with Crippen molar-refractivity contribution in [2.45, 2.75) is 77.3 Å². The number of nitrogens with zero attached hydrogens (tertiary/aromatic N) is 3. The van der Waals surface area contributed by atoms with Crippen molar-refractivity contribution in [2.24, 2.45) is 0 Å². The maximum atomic E-state index is 12.0. The molecule has 1 fully saturated rings. The maximum absolute atomic E-state index is 12.0. The number of ether oxygens (including phenoxy) is 3. The molecule has 9 nitrogen and oxygen atoms in total. The zero-order valence-corrected chi connectivity index (χ0v) is 16.5. The third-order valence-corrected chi connectivity index (χ3v) is 4.04. The predicted molar refractivity (Wildman–Crippen MR) is 98.4 cm³/mol. The van der Waals surface area contributed by atoms with Gasteiger partial charge in [-0.25, -0.2) is 9.97 Å². The molecule has 0 spiro atoms. The van der Waals surface area contributed by atoms with Crippen LogP contribution >= 0.6 is 0 Å². The highest BCUT2D eigenvalue weighted by Crippen LogP contribution is 2.35. The fraction of sp³-hybridized carbons (Fsp3) is 0.722. The highest BCUT2D eigenvalue weighted by Gasteiger charge is 2.48. The summed E-state index contributed by atoms with van der Waals surface area (Å²) in [6.45, 7) is 11.6. The van der Waals surface area contributed by atoms with E-state index in [0.29, 0.717) is 0 Å². The summed E-state index contributed by atoms with van der Waals surface area (Å²) in [5.74, 6) is 0. The highest BCUT2D eigenvalue weighted by atomic mass is 16.6. The van der Waals surface area contributed by atoms with E-state index in [9.17, 15) is 9.90 Å². The van der Waals surface area contributed by atoms with Crippen LogP contribution in [-0.4, -0.2) is 60.7 Å². The molecule has 9 heteroatoms. The molecule has 1 saturated heterocycles. The summed E-state index contributed by atoms with van der Waals surface area (Å²) in [5, 5.41) is 11.0. The molecule has 3 heterocycles. The lowest BCUT2D eigenvalue weighted by Crippen LogP contribution is -2.42. The van der Waals surface area contributed by atoms with E-state index in [4.69, 9.17) is 15.6 Å². The topological polar surface area (TPSA) is 111 Å². The SMILES string of the molecule is [2H][13c]1nc2c(=O)[nH]cnc2n1C1O[C@H](COC(C)(C)C)[C@@H](OC(C)(C)C)C1O. The molecule has 2 N–H and O–H groups in total. The molecule has 0 amide bonds. The standard InChI is InChI=1S/C18H28N4O5/c1-17(2,3)25-7-10-13(27-18(4,5)6)12(23)16(26-10)22-9-21-11-14(22)19-8-20-15(11)24/h8-10,12-13,16,23H,7H2,1-6H3,(H,19,20,24)/t10-,12?,13-,16?/m1/s1/i9+1D. The maximum Gasteiger partial charge on any atom is 0.278 e. The fourth-order valence-electron chi connectivity index (χ4n) is 2.94. The van der Waals surface area contributed by atoms with Gasteiger partial charge in [0.25, 0.3) is 5.56 Å². The zero-order valence-electron chi connectivity index (χ0n) is 17.5. The molecule has 2 aromatic rings. The molecule has 3 rings (SSSR count). The average molecular weight is 382 g/mol. The zero-order chi connectivity index (χ0) is 20.9. The third-order valence-electron chi connectivity index (χ3n) is 4.04. The number of hydrogen-bond acceptors (Lipinski definition) is 7. The molecular weight excluding hydrogens is 353 g/mol. The van der Waals surface area contributed by atoms with Gasteiger partial charge >= 0.3 is 0 Å². The van der Waals surface area contributed by atoms with Crippen LogP contribution in [0.4, 0.5) is 0 Å². The Morgan fingerprint density at radius 2 is 2.00 bits per heavy atom. The summed E-state index contributed by atoms with van der Waals surface area (Å²) in [7, 11) is 0. The quantitative estimate of drug-likeness (QED) is 0.821. The van der Waals surface area contributed by atoms with E-state index < -0.39 is 41.3 Å². The third kappa shape index (κ3) is 4.37. The average Bonchev–Trinajstić information content (AvgIpc) is 3.02. The van der Waals surface area contributed by atoms with E-state index >= 15 is 0 Å². The van der Waals surface area contributed by atoms with E-state index in [1.54, 1.807) is 0 Å². The number of aliphatic hydroxyl groups is 1. The van der Waals surface area contributed by atoms with Gasteiger partial charge in [0, 0.05) is 0 Å². The normalized spacial score (nSPS) is 27.3. The minimum absolute atomic E-state index is 0.0194. The lowest BCUT2D eigenvalue weighted by Gasteiger charge is -2.30. The molecule has 1 aliphatic rings. The number of hydrogen-bond donors (Lipinski definition) is 2. The molecule has 1 aliphatic heterocycles. The lowest BCUT2D eigenvalue weighted by atomic mass is 10.1. The van der Waals surface area contributed by atoms with Crippen molar-refractivity contribution in [1.82, 2.24) is 19.5 Å². The van der Waals surface area contributed by atoms with Crippen LogP contribution in [0.3, 0.4) is 0 Å². The van der Waals surface area contributed by atoms with Gasteiger partial charge in [-0.05, 0) is 41.5 Å². The van der Waals surface area contributed by atoms with Crippen molar-refractivity contribution in [2.75, 3.05) is 6.61 Å². The van der Waals surface area contributed by atoms with Crippen LogP contribution in [0.5, 0.6) is 0 Å². The first-order chi connectivity index (χ1) is 12.9. The first-order valence-corrected chi connectivity index (χ1v) is 8.95. The minimum atomic E-state index is -1.10. The molecular formula is C18H28N4O5. The molecule has 0 aromatic carbocycles. The second-order valence-corrected chi connectivity index (χ2v) is 8.66. The summed E-state index contributed by atoms with van der Waals surface area (Å²) in [5.41, 5.74) is -1.19. The molecule has 27 heavy (non-hydrogen) atoms. The van der Waals surface area contributed by atoms with Crippen molar-refractivity contribution >= 4 is 11.2 Å². The van der Waals surface area contributed by atoms with Gasteiger partial charge in [0.05, 0.1) is 30.4 Å². The van der Waals surface area contributed by atoms with Crippen molar-refractivity contribution in [3.63, 3.8) is 0 Å². The van der Waals surface area contributed by atoms with Gasteiger partial charge in [0.2, 0.25) is 0 Å². The van der Waals surface area contributed by atoms with Crippen LogP contribution in [0.2, 0.25) is 0 Å². The largest absolute Gasteiger partial charge is 0.386 e. The molecule has 0 radical (unpaired) electrons. The monoisotopic (exact) mass is 382 g/mol. The molecule has 2 aromatic heterocycles. The number of aliphatic hydroxyl groups excluding tert-OH is 1. The summed E-state index contributed by atoms with van der Waals surface area (Å²) in [6.07, 6.45) is -2.34. The van der Waals surface area contributed by atoms with E-state index in [0.717, 1.165) is 0 Å². The minimum Gasteiger partial charge on any atom is -0.386 e. The Bertz CT molecular complexity index is 898. The van der Waals surface area contributed by atoms with Crippen molar-refractivity contribution in [3.05, 3.63) is 23.0 Å². The van der Waals surface area contributed by atoms with Gasteiger partial charge < -0.3 is 24.3 Å². The Balaban J connectivity index is 1.97. The summed E-state index contributed by atoms with van der Waals surface area (Å²) in [4.78, 5) is 22.5. The van der Waals surface area contributed by atoms with Crippen molar-refractivity contribution < 1.29 is 20.7 Å². The number of imidazole rings is 1. The summed E-state index contributed by atoms with van der Waals surface area (Å²) >= 11 is 0. The Labute approximate surface area is 159 Å². The van der Waals surface area contributed by atoms with Crippen molar-refractivity contribution in [3.8, 4) is 0 Å². The molecule has 150 valence electrons. The van der Waals surface area contributed by atoms with Crippen LogP contribution in [0, 0.1) is 0 Å². The summed E-state index contributed by atoms with van der Waals surface area (Å²) < 4.78 is 27.4. The molecule has 0 saturated carbocycles. The number of aromatic amines is 1. The van der Waals surface area contributed by atoms with Gasteiger partial charge in [-0.15, -0.1) is 0 Å². The molecule has 0 aliphatic carbocycles. The second-order valence-electron chi connectivity index (χ2n) is 8.66. The Morgan fingerprint density at radius 1 is 1.30 bits per heavy atom. The fourth-order valence-corrected chi connectivity index (χ4v) is 2.94. The number of nitrogens with one attached hydrogen (secondary N) is 1. The van der Waals surface area contributed by atoms with Gasteiger partial charge in [-0.3, -0.25) is 9.36 Å². The van der Waals surface area contributed by atoms with Crippen LogP contribution in [0.1, 0.15) is 49.1 Å². The van der Waals surface area contributed by atoms with Gasteiger partial charge in [-0.2, -0.15) is 0 Å². The Kier molecular flexibility index (Phi) is 4.79. The highest BCUT2D eigenvalue weighted by molar-refractivity contribution is 5.68. The van der Waals surface area contributed by atoms with E-state index in [-0.39, 0.29) is 24.1 Å². The second kappa shape index (κ2) is 6.97. The first-order valence-electron chi connectivity index (χ1n) is 9.45. The Morgan fingerprint density at radius 3 is 2.63 bits per heavy atom. The summed E-state index contributed by atoms with van der Waals surface area (Å²) in [6, 6.07) is 0. The van der Waals surface area contributed by atoms with Crippen LogP contribution in [0.15, 0.2) is 17.4 Å².